The number of hydrogen-bond donors (Lipinski definition) is 1. The summed E-state index contributed by atoms with van der Waals surface area (Å²) in [6.07, 6.45) is 4.38. The van der Waals surface area contributed by atoms with Crippen molar-refractivity contribution in [2.45, 2.75) is 38.7 Å². The van der Waals surface area contributed by atoms with Crippen LogP contribution in [0.3, 0.4) is 0 Å². The normalized spacial score (nSPS) is 17.9. The lowest BCUT2D eigenvalue weighted by Crippen LogP contribution is -2.19. The average molecular weight is 295 g/mol. The molecule has 0 amide bonds. The molecule has 1 unspecified atom stereocenters. The Kier molecular flexibility index (Phi) is 6.69. The summed E-state index contributed by atoms with van der Waals surface area (Å²) in [7, 11) is 1.65. The number of aryl methyl sites for hydroxylation is 1. The predicted octanol–water partition coefficient (Wildman–Crippen LogP) is 2.05. The number of rotatable bonds is 9. The van der Waals surface area contributed by atoms with Crippen molar-refractivity contribution in [3.8, 4) is 5.88 Å². The van der Waals surface area contributed by atoms with E-state index >= 15 is 0 Å². The van der Waals surface area contributed by atoms with Crippen LogP contribution in [-0.2, 0) is 15.9 Å². The number of nitrogens with zero attached hydrogens (tertiary/aromatic N) is 2. The third kappa shape index (κ3) is 5.47. The highest BCUT2D eigenvalue weighted by Gasteiger charge is 2.15. The number of ether oxygens (including phenoxy) is 3. The zero-order valence-electron chi connectivity index (χ0n) is 12.9. The number of methoxy groups -OCH3 is 1. The van der Waals surface area contributed by atoms with Crippen LogP contribution in [0, 0.1) is 0 Å². The maximum absolute atomic E-state index is 5.61. The summed E-state index contributed by atoms with van der Waals surface area (Å²) in [6, 6.07) is 1.84. The van der Waals surface area contributed by atoms with Crippen molar-refractivity contribution in [2.75, 3.05) is 38.8 Å². The fraction of sp³-hybridized carbons (Fsp3) is 0.733. The first-order chi connectivity index (χ1) is 10.3. The first-order valence-electron chi connectivity index (χ1n) is 7.67. The summed E-state index contributed by atoms with van der Waals surface area (Å²) in [5, 5.41) is 3.33. The number of aromatic nitrogens is 2. The second-order valence-corrected chi connectivity index (χ2v) is 5.11. The van der Waals surface area contributed by atoms with Gasteiger partial charge in [-0.25, -0.2) is 4.98 Å². The first-order valence-corrected chi connectivity index (χ1v) is 7.67. The molecular weight excluding hydrogens is 270 g/mol. The molecule has 1 aromatic heterocycles. The average Bonchev–Trinajstić information content (AvgIpc) is 2.99. The van der Waals surface area contributed by atoms with Gasteiger partial charge in [-0.2, -0.15) is 4.98 Å². The molecule has 21 heavy (non-hydrogen) atoms. The molecule has 2 heterocycles. The van der Waals surface area contributed by atoms with Gasteiger partial charge in [0.25, 0.3) is 0 Å². The second-order valence-electron chi connectivity index (χ2n) is 5.11. The minimum Gasteiger partial charge on any atom is -0.475 e. The quantitative estimate of drug-likeness (QED) is 0.703. The van der Waals surface area contributed by atoms with Crippen LogP contribution >= 0.6 is 0 Å². The van der Waals surface area contributed by atoms with Crippen LogP contribution in [-0.4, -0.2) is 49.5 Å². The molecule has 0 radical (unpaired) electrons. The van der Waals surface area contributed by atoms with E-state index in [9.17, 15) is 0 Å². The molecule has 1 aromatic rings. The molecule has 0 aliphatic carbocycles. The molecule has 6 heteroatoms. The summed E-state index contributed by atoms with van der Waals surface area (Å²) in [5.41, 5.74) is 0. The maximum Gasteiger partial charge on any atom is 0.218 e. The molecule has 1 fully saturated rings. The Balaban J connectivity index is 1.96. The van der Waals surface area contributed by atoms with Crippen LogP contribution in [0.4, 0.5) is 5.82 Å². The standard InChI is InChI=1S/C15H25N3O3/c1-3-5-13-17-14(16-11-12-6-4-7-20-12)10-15(18-13)21-9-8-19-2/h10,12H,3-9,11H2,1-2H3,(H,16,17,18). The van der Waals surface area contributed by atoms with Crippen molar-refractivity contribution in [1.29, 1.82) is 0 Å². The zero-order valence-corrected chi connectivity index (χ0v) is 12.9. The molecule has 2 rings (SSSR count). The fourth-order valence-electron chi connectivity index (χ4n) is 2.23. The van der Waals surface area contributed by atoms with E-state index in [4.69, 9.17) is 14.2 Å². The summed E-state index contributed by atoms with van der Waals surface area (Å²) in [5.74, 6) is 2.21. The fourth-order valence-corrected chi connectivity index (χ4v) is 2.23. The molecule has 118 valence electrons. The van der Waals surface area contributed by atoms with Gasteiger partial charge in [-0.3, -0.25) is 0 Å². The Hall–Kier alpha value is -1.40. The summed E-state index contributed by atoms with van der Waals surface area (Å²) < 4.78 is 16.2. The number of hydrogen-bond acceptors (Lipinski definition) is 6. The van der Waals surface area contributed by atoms with E-state index in [0.717, 1.165) is 50.5 Å². The van der Waals surface area contributed by atoms with Gasteiger partial charge in [-0.05, 0) is 19.3 Å². The number of nitrogens with one attached hydrogen (secondary N) is 1. The molecule has 1 N–H and O–H groups in total. The van der Waals surface area contributed by atoms with E-state index in [-0.39, 0.29) is 6.10 Å². The van der Waals surface area contributed by atoms with E-state index in [2.05, 4.69) is 22.2 Å². The molecular formula is C15H25N3O3. The maximum atomic E-state index is 5.61. The van der Waals surface area contributed by atoms with Gasteiger partial charge in [-0.15, -0.1) is 0 Å². The lowest BCUT2D eigenvalue weighted by molar-refractivity contribution is 0.120. The lowest BCUT2D eigenvalue weighted by Gasteiger charge is -2.13. The molecule has 0 aromatic carbocycles. The molecule has 1 aliphatic rings. The van der Waals surface area contributed by atoms with Crippen LogP contribution < -0.4 is 10.1 Å². The van der Waals surface area contributed by atoms with Gasteiger partial charge in [-0.1, -0.05) is 6.92 Å². The molecule has 1 saturated heterocycles. The van der Waals surface area contributed by atoms with Crippen molar-refractivity contribution in [2.24, 2.45) is 0 Å². The SMILES string of the molecule is CCCc1nc(NCC2CCCO2)cc(OCCOC)n1. The van der Waals surface area contributed by atoms with Crippen molar-refractivity contribution in [3.05, 3.63) is 11.9 Å². The van der Waals surface area contributed by atoms with Gasteiger partial charge in [0.05, 0.1) is 12.7 Å². The monoisotopic (exact) mass is 295 g/mol. The van der Waals surface area contributed by atoms with E-state index in [1.165, 1.54) is 0 Å². The van der Waals surface area contributed by atoms with Crippen LogP contribution in [0.2, 0.25) is 0 Å². The molecule has 0 saturated carbocycles. The van der Waals surface area contributed by atoms with E-state index in [0.29, 0.717) is 19.1 Å². The van der Waals surface area contributed by atoms with Gasteiger partial charge in [0, 0.05) is 32.7 Å². The Labute approximate surface area is 126 Å². The van der Waals surface area contributed by atoms with E-state index in [1.54, 1.807) is 7.11 Å². The second kappa shape index (κ2) is 8.79. The Bertz CT molecular complexity index is 423. The van der Waals surface area contributed by atoms with Crippen molar-refractivity contribution in [1.82, 2.24) is 9.97 Å². The largest absolute Gasteiger partial charge is 0.475 e. The van der Waals surface area contributed by atoms with Gasteiger partial charge >= 0.3 is 0 Å². The van der Waals surface area contributed by atoms with Crippen LogP contribution in [0.1, 0.15) is 32.0 Å². The Morgan fingerprint density at radius 3 is 3.00 bits per heavy atom. The van der Waals surface area contributed by atoms with E-state index in [1.807, 2.05) is 6.07 Å². The van der Waals surface area contributed by atoms with Crippen molar-refractivity contribution < 1.29 is 14.2 Å². The highest BCUT2D eigenvalue weighted by atomic mass is 16.5. The van der Waals surface area contributed by atoms with E-state index < -0.39 is 0 Å². The minimum absolute atomic E-state index is 0.285. The third-order valence-electron chi connectivity index (χ3n) is 3.29. The minimum atomic E-state index is 0.285. The summed E-state index contributed by atoms with van der Waals surface area (Å²) >= 11 is 0. The first kappa shape index (κ1) is 16.0. The van der Waals surface area contributed by atoms with Crippen molar-refractivity contribution >= 4 is 5.82 Å². The predicted molar refractivity (Wildman–Crippen MR) is 80.9 cm³/mol. The van der Waals surface area contributed by atoms with Crippen LogP contribution in [0.5, 0.6) is 5.88 Å². The highest BCUT2D eigenvalue weighted by molar-refractivity contribution is 5.38. The summed E-state index contributed by atoms with van der Waals surface area (Å²) in [6.45, 7) is 4.79. The molecule has 0 spiro atoms. The van der Waals surface area contributed by atoms with Gasteiger partial charge in [0.2, 0.25) is 5.88 Å². The topological polar surface area (TPSA) is 65.5 Å². The molecule has 6 nitrogen and oxygen atoms in total. The van der Waals surface area contributed by atoms with Crippen LogP contribution in [0.25, 0.3) is 0 Å². The van der Waals surface area contributed by atoms with Crippen LogP contribution in [0.15, 0.2) is 6.07 Å². The highest BCUT2D eigenvalue weighted by Crippen LogP contribution is 2.17. The lowest BCUT2D eigenvalue weighted by atomic mass is 10.2. The van der Waals surface area contributed by atoms with Gasteiger partial charge < -0.3 is 19.5 Å². The Morgan fingerprint density at radius 1 is 1.38 bits per heavy atom. The molecule has 0 bridgehead atoms. The third-order valence-corrected chi connectivity index (χ3v) is 3.29. The molecule has 1 atom stereocenters. The number of anilines is 1. The molecule has 1 aliphatic heterocycles. The summed E-state index contributed by atoms with van der Waals surface area (Å²) in [4.78, 5) is 8.94. The van der Waals surface area contributed by atoms with Gasteiger partial charge in [0.1, 0.15) is 18.2 Å². The van der Waals surface area contributed by atoms with Gasteiger partial charge in [0.15, 0.2) is 0 Å². The van der Waals surface area contributed by atoms with Crippen molar-refractivity contribution in [3.63, 3.8) is 0 Å². The zero-order chi connectivity index (χ0) is 14.9. The smallest absolute Gasteiger partial charge is 0.218 e. The Morgan fingerprint density at radius 2 is 2.29 bits per heavy atom.